The molecule has 0 aliphatic carbocycles. The van der Waals surface area contributed by atoms with Crippen molar-refractivity contribution >= 4 is 0 Å². The van der Waals surface area contributed by atoms with E-state index in [1.165, 1.54) is 32.1 Å². The third-order valence-corrected chi connectivity index (χ3v) is 4.04. The topological polar surface area (TPSA) is 29.5 Å². The van der Waals surface area contributed by atoms with Crippen molar-refractivity contribution in [2.24, 2.45) is 0 Å². The molecular formula is C18H35F3O2. The van der Waals surface area contributed by atoms with Gasteiger partial charge in [-0.25, -0.2) is 0 Å². The maximum Gasteiger partial charge on any atom is 0.414 e. The number of aliphatic hydroxyl groups is 1. The van der Waals surface area contributed by atoms with E-state index < -0.39 is 12.3 Å². The van der Waals surface area contributed by atoms with E-state index in [1.54, 1.807) is 0 Å². The lowest BCUT2D eigenvalue weighted by Crippen LogP contribution is -2.28. The third-order valence-electron chi connectivity index (χ3n) is 4.04. The van der Waals surface area contributed by atoms with Crippen LogP contribution in [0.25, 0.3) is 0 Å². The highest BCUT2D eigenvalue weighted by atomic mass is 19.4. The van der Waals surface area contributed by atoms with Crippen molar-refractivity contribution in [2.75, 3.05) is 13.2 Å². The summed E-state index contributed by atoms with van der Waals surface area (Å²) < 4.78 is 41.8. The van der Waals surface area contributed by atoms with Crippen molar-refractivity contribution in [3.63, 3.8) is 0 Å². The van der Waals surface area contributed by atoms with Crippen LogP contribution in [0.4, 0.5) is 13.2 Å². The molecule has 0 aromatic rings. The molecule has 0 aliphatic rings. The predicted molar refractivity (Wildman–Crippen MR) is 88.6 cm³/mol. The molecule has 1 N–H and O–H groups in total. The molecule has 0 aromatic carbocycles. The second kappa shape index (κ2) is 15.3. The van der Waals surface area contributed by atoms with Crippen molar-refractivity contribution in [3.8, 4) is 0 Å². The van der Waals surface area contributed by atoms with Gasteiger partial charge in [0, 0.05) is 13.2 Å². The summed E-state index contributed by atoms with van der Waals surface area (Å²) in [5, 5.41) is 8.85. The van der Waals surface area contributed by atoms with Crippen molar-refractivity contribution in [2.45, 2.75) is 103 Å². The zero-order chi connectivity index (χ0) is 17.4. The Morgan fingerprint density at radius 1 is 0.739 bits per heavy atom. The number of hydrogen-bond acceptors (Lipinski definition) is 2. The Morgan fingerprint density at radius 3 is 1.65 bits per heavy atom. The van der Waals surface area contributed by atoms with Gasteiger partial charge in [0.25, 0.3) is 0 Å². The molecule has 0 aromatic heterocycles. The molecule has 0 saturated heterocycles. The molecule has 0 rings (SSSR count). The number of halogens is 3. The van der Waals surface area contributed by atoms with Gasteiger partial charge in [-0.1, -0.05) is 71.1 Å². The molecule has 0 saturated carbocycles. The summed E-state index contributed by atoms with van der Waals surface area (Å²) in [6, 6.07) is 0. The first kappa shape index (κ1) is 22.7. The molecule has 1 atom stereocenters. The second-order valence-electron chi connectivity index (χ2n) is 6.35. The lowest BCUT2D eigenvalue weighted by molar-refractivity contribution is -0.205. The van der Waals surface area contributed by atoms with Crippen LogP contribution in [0, 0.1) is 0 Å². The van der Waals surface area contributed by atoms with Gasteiger partial charge >= 0.3 is 6.18 Å². The lowest BCUT2D eigenvalue weighted by atomic mass is 10.1. The van der Waals surface area contributed by atoms with Crippen LogP contribution in [0.1, 0.15) is 90.4 Å². The normalized spacial score (nSPS) is 13.4. The predicted octanol–water partition coefficient (Wildman–Crippen LogP) is 6.02. The van der Waals surface area contributed by atoms with Gasteiger partial charge in [0.2, 0.25) is 0 Å². The van der Waals surface area contributed by atoms with Crippen LogP contribution in [0.3, 0.4) is 0 Å². The molecule has 0 aliphatic heterocycles. The molecule has 0 amide bonds. The van der Waals surface area contributed by atoms with E-state index in [-0.39, 0.29) is 6.42 Å². The molecule has 0 bridgehead atoms. The molecule has 0 radical (unpaired) electrons. The van der Waals surface area contributed by atoms with E-state index in [0.717, 1.165) is 51.7 Å². The van der Waals surface area contributed by atoms with E-state index in [4.69, 9.17) is 9.84 Å². The average molecular weight is 340 g/mol. The van der Waals surface area contributed by atoms with Crippen LogP contribution in [0.2, 0.25) is 0 Å². The first-order valence-corrected chi connectivity index (χ1v) is 9.31. The van der Waals surface area contributed by atoms with Crippen molar-refractivity contribution in [3.05, 3.63) is 0 Å². The van der Waals surface area contributed by atoms with Gasteiger partial charge in [0.15, 0.2) is 0 Å². The van der Waals surface area contributed by atoms with E-state index >= 15 is 0 Å². The number of aliphatic hydroxyl groups excluding tert-OH is 1. The van der Waals surface area contributed by atoms with Crippen LogP contribution in [0.5, 0.6) is 0 Å². The smallest absolute Gasteiger partial charge is 0.384 e. The Hall–Kier alpha value is -0.290. The monoisotopic (exact) mass is 340 g/mol. The summed E-state index contributed by atoms with van der Waals surface area (Å²) in [7, 11) is 0. The minimum atomic E-state index is -4.46. The van der Waals surface area contributed by atoms with E-state index in [0.29, 0.717) is 6.42 Å². The SMILES string of the molecule is CCCCCCOCCCCCCCCCCC(O)C(F)(F)F. The molecule has 2 nitrogen and oxygen atoms in total. The standard InChI is InChI=1S/C18H35F3O2/c1-2-3-4-12-15-23-16-13-10-8-6-5-7-9-11-14-17(22)18(19,20)21/h17,22H,2-16H2,1H3. The highest BCUT2D eigenvalue weighted by Gasteiger charge is 2.37. The minimum absolute atomic E-state index is 0.168. The van der Waals surface area contributed by atoms with Gasteiger partial charge in [-0.05, 0) is 19.3 Å². The fourth-order valence-electron chi connectivity index (χ4n) is 2.50. The number of alkyl halides is 3. The van der Waals surface area contributed by atoms with Crippen LogP contribution in [-0.4, -0.2) is 30.6 Å². The molecule has 140 valence electrons. The van der Waals surface area contributed by atoms with E-state index in [1.807, 2.05) is 0 Å². The number of ether oxygens (including phenoxy) is 1. The summed E-state index contributed by atoms with van der Waals surface area (Å²) in [5.74, 6) is 0. The minimum Gasteiger partial charge on any atom is -0.384 e. The fraction of sp³-hybridized carbons (Fsp3) is 1.00. The Balaban J connectivity index is 3.11. The lowest BCUT2D eigenvalue weighted by Gasteiger charge is -2.13. The van der Waals surface area contributed by atoms with E-state index in [9.17, 15) is 13.2 Å². The van der Waals surface area contributed by atoms with Gasteiger partial charge in [-0.15, -0.1) is 0 Å². The van der Waals surface area contributed by atoms with Gasteiger partial charge < -0.3 is 9.84 Å². The van der Waals surface area contributed by atoms with Crippen LogP contribution in [0.15, 0.2) is 0 Å². The van der Waals surface area contributed by atoms with E-state index in [2.05, 4.69) is 6.92 Å². The summed E-state index contributed by atoms with van der Waals surface area (Å²) >= 11 is 0. The quantitative estimate of drug-likeness (QED) is 0.348. The zero-order valence-corrected chi connectivity index (χ0v) is 14.7. The first-order chi connectivity index (χ1) is 11.0. The fourth-order valence-corrected chi connectivity index (χ4v) is 2.50. The molecular weight excluding hydrogens is 305 g/mol. The Bertz CT molecular complexity index is 245. The highest BCUT2D eigenvalue weighted by Crippen LogP contribution is 2.24. The molecule has 0 spiro atoms. The summed E-state index contributed by atoms with van der Waals surface area (Å²) in [6.45, 7) is 3.93. The second-order valence-corrected chi connectivity index (χ2v) is 6.35. The van der Waals surface area contributed by atoms with Crippen molar-refractivity contribution in [1.82, 2.24) is 0 Å². The van der Waals surface area contributed by atoms with Gasteiger partial charge in [-0.3, -0.25) is 0 Å². The summed E-state index contributed by atoms with van der Waals surface area (Å²) in [5.41, 5.74) is 0. The van der Waals surface area contributed by atoms with Crippen molar-refractivity contribution in [1.29, 1.82) is 0 Å². The Labute approximate surface area is 139 Å². The molecule has 5 heteroatoms. The maximum absolute atomic E-state index is 12.1. The van der Waals surface area contributed by atoms with Crippen LogP contribution in [-0.2, 0) is 4.74 Å². The van der Waals surface area contributed by atoms with Gasteiger partial charge in [0.1, 0.15) is 6.10 Å². The Kier molecular flexibility index (Phi) is 15.1. The zero-order valence-electron chi connectivity index (χ0n) is 14.7. The Morgan fingerprint density at radius 2 is 1.17 bits per heavy atom. The third kappa shape index (κ3) is 16.4. The summed E-state index contributed by atoms with van der Waals surface area (Å²) in [6.07, 6.45) is 6.02. The maximum atomic E-state index is 12.1. The first-order valence-electron chi connectivity index (χ1n) is 9.31. The largest absolute Gasteiger partial charge is 0.414 e. The van der Waals surface area contributed by atoms with Crippen LogP contribution < -0.4 is 0 Å². The number of unbranched alkanes of at least 4 members (excludes halogenated alkanes) is 10. The van der Waals surface area contributed by atoms with Gasteiger partial charge in [0.05, 0.1) is 0 Å². The number of rotatable bonds is 16. The van der Waals surface area contributed by atoms with Gasteiger partial charge in [-0.2, -0.15) is 13.2 Å². The van der Waals surface area contributed by atoms with Crippen LogP contribution >= 0.6 is 0 Å². The molecule has 1 unspecified atom stereocenters. The molecule has 0 heterocycles. The summed E-state index contributed by atoms with van der Waals surface area (Å²) in [4.78, 5) is 0. The number of hydrogen-bond donors (Lipinski definition) is 1. The molecule has 0 fully saturated rings. The average Bonchev–Trinajstić information content (AvgIpc) is 2.50. The van der Waals surface area contributed by atoms with Crippen molar-refractivity contribution < 1.29 is 23.0 Å². The highest BCUT2D eigenvalue weighted by molar-refractivity contribution is 4.64. The molecule has 23 heavy (non-hydrogen) atoms.